The third-order valence-corrected chi connectivity index (χ3v) is 4.70. The fourth-order valence-electron chi connectivity index (χ4n) is 3.23. The van der Waals surface area contributed by atoms with E-state index in [9.17, 15) is 9.59 Å². The Morgan fingerprint density at radius 1 is 1.07 bits per heavy atom. The van der Waals surface area contributed by atoms with Gasteiger partial charge in [-0.25, -0.2) is 4.79 Å². The highest BCUT2D eigenvalue weighted by molar-refractivity contribution is 6.08. The molecule has 1 N–H and O–H groups in total. The highest BCUT2D eigenvalue weighted by Crippen LogP contribution is 2.32. The second-order valence-electron chi connectivity index (χ2n) is 6.60. The third-order valence-electron chi connectivity index (χ3n) is 4.70. The predicted octanol–water partition coefficient (Wildman–Crippen LogP) is 4.52. The van der Waals surface area contributed by atoms with Gasteiger partial charge in [-0.05, 0) is 31.4 Å². The van der Waals surface area contributed by atoms with Gasteiger partial charge in [-0.2, -0.15) is 0 Å². The first-order valence-corrected chi connectivity index (χ1v) is 8.95. The minimum atomic E-state index is -0.668. The van der Waals surface area contributed by atoms with E-state index >= 15 is 0 Å². The van der Waals surface area contributed by atoms with Gasteiger partial charge >= 0.3 is 5.97 Å². The van der Waals surface area contributed by atoms with Crippen molar-refractivity contribution in [2.75, 3.05) is 6.61 Å². The van der Waals surface area contributed by atoms with Crippen molar-refractivity contribution in [1.29, 1.82) is 0 Å². The molecule has 0 aliphatic rings. The Hall–Kier alpha value is -3.54. The van der Waals surface area contributed by atoms with Gasteiger partial charge in [0.1, 0.15) is 11.3 Å². The Balaban J connectivity index is 1.49. The first kappa shape index (κ1) is 17.9. The lowest BCUT2D eigenvalue weighted by molar-refractivity contribution is -0.125. The number of furan rings is 2. The summed E-state index contributed by atoms with van der Waals surface area (Å²) in [6.07, 6.45) is 1.53. The lowest BCUT2D eigenvalue weighted by Gasteiger charge is -2.11. The summed E-state index contributed by atoms with van der Waals surface area (Å²) in [5.74, 6) is -0.354. The number of carbonyl (C=O) groups is 2. The lowest BCUT2D eigenvalue weighted by Crippen LogP contribution is -2.31. The molecule has 0 aliphatic heterocycles. The molecule has 4 aromatic rings. The summed E-state index contributed by atoms with van der Waals surface area (Å²) in [7, 11) is 0. The molecule has 1 atom stereocenters. The van der Waals surface area contributed by atoms with Gasteiger partial charge < -0.3 is 18.9 Å². The first-order chi connectivity index (χ1) is 13.5. The molecule has 0 bridgehead atoms. The summed E-state index contributed by atoms with van der Waals surface area (Å²) in [6.45, 7) is 3.18. The zero-order valence-corrected chi connectivity index (χ0v) is 15.5. The van der Waals surface area contributed by atoms with Crippen LogP contribution in [-0.4, -0.2) is 18.5 Å². The summed E-state index contributed by atoms with van der Waals surface area (Å²) < 4.78 is 16.2. The standard InChI is InChI=1S/C22H19NO5/c1-13-16-10-9-15-6-3-4-7-17(15)21(16)28-20(13)22(25)27-12-19(24)23-14(2)18-8-5-11-26-18/h3-11,14H,12H2,1-2H3,(H,23,24)/t14-/m1/s1. The molecule has 1 amide bonds. The van der Waals surface area contributed by atoms with E-state index in [2.05, 4.69) is 5.32 Å². The zero-order valence-electron chi connectivity index (χ0n) is 15.5. The van der Waals surface area contributed by atoms with Gasteiger partial charge in [-0.15, -0.1) is 0 Å². The number of ether oxygens (including phenoxy) is 1. The van der Waals surface area contributed by atoms with E-state index in [0.717, 1.165) is 16.2 Å². The minimum absolute atomic E-state index is 0.109. The number of aryl methyl sites for hydroxylation is 1. The number of fused-ring (bicyclic) bond motifs is 3. The molecule has 2 aromatic carbocycles. The smallest absolute Gasteiger partial charge is 0.375 e. The highest BCUT2D eigenvalue weighted by Gasteiger charge is 2.21. The zero-order chi connectivity index (χ0) is 19.7. The van der Waals surface area contributed by atoms with Gasteiger partial charge in [0, 0.05) is 16.3 Å². The van der Waals surface area contributed by atoms with Crippen LogP contribution in [-0.2, 0) is 9.53 Å². The average molecular weight is 377 g/mol. The van der Waals surface area contributed by atoms with E-state index in [-0.39, 0.29) is 11.8 Å². The summed E-state index contributed by atoms with van der Waals surface area (Å²) in [4.78, 5) is 24.5. The van der Waals surface area contributed by atoms with Gasteiger partial charge in [0.15, 0.2) is 6.61 Å². The first-order valence-electron chi connectivity index (χ1n) is 8.95. The van der Waals surface area contributed by atoms with Gasteiger partial charge in [0.25, 0.3) is 5.91 Å². The van der Waals surface area contributed by atoms with Crippen molar-refractivity contribution in [2.24, 2.45) is 0 Å². The second-order valence-corrected chi connectivity index (χ2v) is 6.60. The Morgan fingerprint density at radius 3 is 2.68 bits per heavy atom. The maximum absolute atomic E-state index is 12.5. The Kier molecular flexibility index (Phi) is 4.61. The van der Waals surface area contributed by atoms with Crippen molar-refractivity contribution in [3.8, 4) is 0 Å². The molecule has 0 spiro atoms. The maximum atomic E-state index is 12.5. The fraction of sp³-hybridized carbons (Fsp3) is 0.182. The van der Waals surface area contributed by atoms with Crippen molar-refractivity contribution in [2.45, 2.75) is 19.9 Å². The van der Waals surface area contributed by atoms with Crippen LogP contribution >= 0.6 is 0 Å². The maximum Gasteiger partial charge on any atom is 0.375 e. The van der Waals surface area contributed by atoms with E-state index in [4.69, 9.17) is 13.6 Å². The van der Waals surface area contributed by atoms with Crippen LogP contribution < -0.4 is 5.32 Å². The van der Waals surface area contributed by atoms with Crippen LogP contribution in [0.1, 0.15) is 34.8 Å². The molecule has 142 valence electrons. The molecule has 0 fully saturated rings. The van der Waals surface area contributed by atoms with Crippen molar-refractivity contribution in [1.82, 2.24) is 5.32 Å². The highest BCUT2D eigenvalue weighted by atomic mass is 16.5. The van der Waals surface area contributed by atoms with E-state index in [1.54, 1.807) is 26.0 Å². The molecule has 28 heavy (non-hydrogen) atoms. The van der Waals surface area contributed by atoms with Crippen molar-refractivity contribution in [3.63, 3.8) is 0 Å². The third kappa shape index (κ3) is 3.24. The Morgan fingerprint density at radius 2 is 1.89 bits per heavy atom. The summed E-state index contributed by atoms with van der Waals surface area (Å²) in [5, 5.41) is 5.51. The molecule has 2 heterocycles. The number of rotatable bonds is 5. The topological polar surface area (TPSA) is 81.7 Å². The number of hydrogen-bond donors (Lipinski definition) is 1. The molecule has 0 saturated heterocycles. The number of carbonyl (C=O) groups excluding carboxylic acids is 2. The van der Waals surface area contributed by atoms with Crippen LogP contribution in [0.25, 0.3) is 21.7 Å². The SMILES string of the molecule is Cc1c(C(=O)OCC(=O)N[C@H](C)c2ccco2)oc2c1ccc1ccccc12. The van der Waals surface area contributed by atoms with E-state index in [1.807, 2.05) is 36.4 Å². The number of amides is 1. The van der Waals surface area contributed by atoms with Crippen LogP contribution in [0.4, 0.5) is 0 Å². The number of esters is 1. The van der Waals surface area contributed by atoms with Crippen LogP contribution in [0, 0.1) is 6.92 Å². The second kappa shape index (κ2) is 7.23. The predicted molar refractivity (Wildman–Crippen MR) is 104 cm³/mol. The summed E-state index contributed by atoms with van der Waals surface area (Å²) in [5.41, 5.74) is 1.33. The molecular weight excluding hydrogens is 358 g/mol. The number of benzene rings is 2. The fourth-order valence-corrected chi connectivity index (χ4v) is 3.23. The largest absolute Gasteiger partial charge is 0.467 e. The normalized spacial score (nSPS) is 12.2. The van der Waals surface area contributed by atoms with Crippen LogP contribution in [0.3, 0.4) is 0 Å². The van der Waals surface area contributed by atoms with E-state index in [1.165, 1.54) is 6.26 Å². The summed E-state index contributed by atoms with van der Waals surface area (Å²) in [6, 6.07) is 14.9. The summed E-state index contributed by atoms with van der Waals surface area (Å²) >= 11 is 0. The van der Waals surface area contributed by atoms with Gasteiger partial charge in [-0.3, -0.25) is 4.79 Å². The van der Waals surface area contributed by atoms with Crippen LogP contribution in [0.15, 0.2) is 63.6 Å². The quantitative estimate of drug-likeness (QED) is 0.517. The molecule has 6 nitrogen and oxygen atoms in total. The van der Waals surface area contributed by atoms with Crippen LogP contribution in [0.5, 0.6) is 0 Å². The van der Waals surface area contributed by atoms with Crippen LogP contribution in [0.2, 0.25) is 0 Å². The number of nitrogens with one attached hydrogen (secondary N) is 1. The van der Waals surface area contributed by atoms with Crippen molar-refractivity contribution < 1.29 is 23.2 Å². The molecule has 0 saturated carbocycles. The van der Waals surface area contributed by atoms with Gasteiger partial charge in [0.2, 0.25) is 5.76 Å². The molecule has 0 unspecified atom stereocenters. The lowest BCUT2D eigenvalue weighted by atomic mass is 10.1. The monoisotopic (exact) mass is 377 g/mol. The van der Waals surface area contributed by atoms with Crippen molar-refractivity contribution >= 4 is 33.6 Å². The molecule has 4 rings (SSSR count). The van der Waals surface area contributed by atoms with E-state index < -0.39 is 18.5 Å². The minimum Gasteiger partial charge on any atom is -0.467 e. The van der Waals surface area contributed by atoms with Gasteiger partial charge in [0.05, 0.1) is 12.3 Å². The van der Waals surface area contributed by atoms with E-state index in [0.29, 0.717) is 16.9 Å². The molecule has 0 radical (unpaired) electrons. The Bertz CT molecular complexity index is 1160. The molecule has 0 aliphatic carbocycles. The average Bonchev–Trinajstić information content (AvgIpc) is 3.35. The number of hydrogen-bond acceptors (Lipinski definition) is 5. The molecule has 6 heteroatoms. The van der Waals surface area contributed by atoms with Crippen molar-refractivity contribution in [3.05, 3.63) is 71.9 Å². The van der Waals surface area contributed by atoms with Gasteiger partial charge in [-0.1, -0.05) is 36.4 Å². The molecule has 2 aromatic heterocycles. The Labute approximate surface area is 161 Å². The molecular formula is C22H19NO5.